The van der Waals surface area contributed by atoms with Crippen LogP contribution in [0.5, 0.6) is 0 Å². The van der Waals surface area contributed by atoms with Crippen molar-refractivity contribution >= 4 is 11.6 Å². The van der Waals surface area contributed by atoms with Gasteiger partial charge in [-0.2, -0.15) is 10.1 Å². The summed E-state index contributed by atoms with van der Waals surface area (Å²) in [6, 6.07) is 11.7. The number of carbonyl (C=O) groups is 1. The molecule has 1 fully saturated rings. The lowest BCUT2D eigenvalue weighted by molar-refractivity contribution is 0.0616. The molecule has 0 bridgehead atoms. The van der Waals surface area contributed by atoms with Crippen LogP contribution in [0.4, 0.5) is 0 Å². The van der Waals surface area contributed by atoms with E-state index in [1.54, 1.807) is 10.7 Å². The zero-order valence-electron chi connectivity index (χ0n) is 17.5. The quantitative estimate of drug-likeness (QED) is 0.503. The van der Waals surface area contributed by atoms with Gasteiger partial charge in [-0.3, -0.25) is 9.69 Å². The largest absolute Gasteiger partial charge is 0.338 e. The minimum atomic E-state index is -0.0312. The number of hydrogen-bond donors (Lipinski definition) is 0. The zero-order valence-corrected chi connectivity index (χ0v) is 17.5. The number of aryl methyl sites for hydroxylation is 2. The van der Waals surface area contributed by atoms with Crippen LogP contribution in [0.25, 0.3) is 17.0 Å². The van der Waals surface area contributed by atoms with E-state index >= 15 is 0 Å². The average molecular weight is 417 g/mol. The van der Waals surface area contributed by atoms with Crippen molar-refractivity contribution in [1.29, 1.82) is 0 Å². The van der Waals surface area contributed by atoms with Gasteiger partial charge in [0.25, 0.3) is 5.91 Å². The Morgan fingerprint density at radius 1 is 1.06 bits per heavy atom. The molecule has 1 aliphatic heterocycles. The summed E-state index contributed by atoms with van der Waals surface area (Å²) in [6.45, 7) is 7.18. The molecule has 9 heteroatoms. The first-order chi connectivity index (χ1) is 15.1. The number of rotatable bonds is 4. The summed E-state index contributed by atoms with van der Waals surface area (Å²) in [6.07, 6.45) is 1.62. The van der Waals surface area contributed by atoms with Gasteiger partial charge in [-0.05, 0) is 19.9 Å². The Kier molecular flexibility index (Phi) is 4.95. The molecule has 0 N–H and O–H groups in total. The third kappa shape index (κ3) is 3.79. The molecule has 1 amide bonds. The number of nitrogens with zero attached hydrogens (tertiary/aromatic N) is 7. The van der Waals surface area contributed by atoms with Gasteiger partial charge in [-0.25, -0.2) is 9.50 Å². The molecule has 0 saturated carbocycles. The standard InChI is InChI=1S/C22H23N7O2/c1-15-12-16(2)29-21(24-15)18(13-23-29)22(30)28-10-8-27(9-11-28)14-19-25-20(26-31-19)17-6-4-3-5-7-17/h3-7,12-13H,8-11,14H2,1-2H3. The van der Waals surface area contributed by atoms with Crippen LogP contribution in [0.15, 0.2) is 47.1 Å². The molecule has 1 aromatic carbocycles. The molecular formula is C22H23N7O2. The molecule has 0 radical (unpaired) electrons. The highest BCUT2D eigenvalue weighted by atomic mass is 16.5. The first kappa shape index (κ1) is 19.4. The van der Waals surface area contributed by atoms with Gasteiger partial charge in [0.15, 0.2) is 5.65 Å². The van der Waals surface area contributed by atoms with Gasteiger partial charge in [-0.15, -0.1) is 0 Å². The molecule has 1 aliphatic rings. The molecule has 0 aliphatic carbocycles. The molecule has 0 atom stereocenters. The van der Waals surface area contributed by atoms with Crippen molar-refractivity contribution in [3.05, 3.63) is 65.4 Å². The maximum absolute atomic E-state index is 13.1. The van der Waals surface area contributed by atoms with Crippen LogP contribution >= 0.6 is 0 Å². The Bertz CT molecular complexity index is 1220. The molecule has 5 rings (SSSR count). The van der Waals surface area contributed by atoms with Crippen LogP contribution in [0, 0.1) is 13.8 Å². The van der Waals surface area contributed by atoms with Gasteiger partial charge < -0.3 is 9.42 Å². The zero-order chi connectivity index (χ0) is 21.4. The van der Waals surface area contributed by atoms with Gasteiger partial charge >= 0.3 is 0 Å². The lowest BCUT2D eigenvalue weighted by atomic mass is 10.2. The van der Waals surface area contributed by atoms with Gasteiger partial charge in [0.2, 0.25) is 11.7 Å². The SMILES string of the molecule is Cc1cc(C)n2ncc(C(=O)N3CCN(Cc4nc(-c5ccccc5)no4)CC3)c2n1. The van der Waals surface area contributed by atoms with E-state index in [-0.39, 0.29) is 5.91 Å². The second-order valence-electron chi connectivity index (χ2n) is 7.78. The van der Waals surface area contributed by atoms with Crippen LogP contribution in [0.3, 0.4) is 0 Å². The highest BCUT2D eigenvalue weighted by molar-refractivity contribution is 5.99. The summed E-state index contributed by atoms with van der Waals surface area (Å²) in [7, 11) is 0. The third-order valence-corrected chi connectivity index (χ3v) is 5.53. The minimum absolute atomic E-state index is 0.0312. The fraction of sp³-hybridized carbons (Fsp3) is 0.318. The summed E-state index contributed by atoms with van der Waals surface area (Å²) in [5, 5.41) is 8.42. The maximum Gasteiger partial charge on any atom is 0.259 e. The van der Waals surface area contributed by atoms with E-state index in [2.05, 4.69) is 25.1 Å². The molecule has 0 spiro atoms. The van der Waals surface area contributed by atoms with E-state index in [0.29, 0.717) is 42.6 Å². The van der Waals surface area contributed by atoms with Gasteiger partial charge in [0.05, 0.1) is 12.7 Å². The molecule has 0 unspecified atom stereocenters. The highest BCUT2D eigenvalue weighted by Gasteiger charge is 2.26. The van der Waals surface area contributed by atoms with E-state index in [1.165, 1.54) is 0 Å². The fourth-order valence-corrected chi connectivity index (χ4v) is 3.92. The summed E-state index contributed by atoms with van der Waals surface area (Å²) in [5.74, 6) is 1.14. The average Bonchev–Trinajstić information content (AvgIpc) is 3.42. The normalized spacial score (nSPS) is 15.0. The number of piperazine rings is 1. The summed E-state index contributed by atoms with van der Waals surface area (Å²) in [4.78, 5) is 26.2. The molecule has 158 valence electrons. The monoisotopic (exact) mass is 417 g/mol. The van der Waals surface area contributed by atoms with Gasteiger partial charge in [-0.1, -0.05) is 35.5 Å². The Morgan fingerprint density at radius 3 is 2.61 bits per heavy atom. The Balaban J connectivity index is 1.23. The fourth-order valence-electron chi connectivity index (χ4n) is 3.92. The van der Waals surface area contributed by atoms with Gasteiger partial charge in [0.1, 0.15) is 5.56 Å². The number of aromatic nitrogens is 5. The summed E-state index contributed by atoms with van der Waals surface area (Å²) in [5.41, 5.74) is 3.92. The van der Waals surface area contributed by atoms with Crippen molar-refractivity contribution < 1.29 is 9.32 Å². The second kappa shape index (κ2) is 7.92. The molecule has 3 aromatic heterocycles. The maximum atomic E-state index is 13.1. The number of benzene rings is 1. The Hall–Kier alpha value is -3.59. The predicted molar refractivity (Wildman–Crippen MR) is 113 cm³/mol. The van der Waals surface area contributed by atoms with Crippen LogP contribution in [0.2, 0.25) is 0 Å². The van der Waals surface area contributed by atoms with Crippen LogP contribution in [0.1, 0.15) is 27.6 Å². The van der Waals surface area contributed by atoms with E-state index in [4.69, 9.17) is 4.52 Å². The molecule has 31 heavy (non-hydrogen) atoms. The topological polar surface area (TPSA) is 92.7 Å². The van der Waals surface area contributed by atoms with E-state index < -0.39 is 0 Å². The lowest BCUT2D eigenvalue weighted by Crippen LogP contribution is -2.48. The first-order valence-corrected chi connectivity index (χ1v) is 10.3. The molecule has 9 nitrogen and oxygen atoms in total. The van der Waals surface area contributed by atoms with E-state index in [0.717, 1.165) is 30.0 Å². The Morgan fingerprint density at radius 2 is 1.84 bits per heavy atom. The van der Waals surface area contributed by atoms with Crippen LogP contribution < -0.4 is 0 Å². The number of fused-ring (bicyclic) bond motifs is 1. The molecule has 4 heterocycles. The summed E-state index contributed by atoms with van der Waals surface area (Å²) < 4.78 is 7.14. The van der Waals surface area contributed by atoms with Crippen molar-refractivity contribution in [2.75, 3.05) is 26.2 Å². The second-order valence-corrected chi connectivity index (χ2v) is 7.78. The predicted octanol–water partition coefficient (Wildman–Crippen LogP) is 2.35. The number of hydrogen-bond acceptors (Lipinski definition) is 7. The molecule has 4 aromatic rings. The van der Waals surface area contributed by atoms with Crippen LogP contribution in [-0.2, 0) is 6.54 Å². The lowest BCUT2D eigenvalue weighted by Gasteiger charge is -2.33. The highest BCUT2D eigenvalue weighted by Crippen LogP contribution is 2.18. The van der Waals surface area contributed by atoms with Crippen molar-refractivity contribution in [3.8, 4) is 11.4 Å². The summed E-state index contributed by atoms with van der Waals surface area (Å²) >= 11 is 0. The van der Waals surface area contributed by atoms with Crippen molar-refractivity contribution in [2.45, 2.75) is 20.4 Å². The van der Waals surface area contributed by atoms with Crippen molar-refractivity contribution in [3.63, 3.8) is 0 Å². The third-order valence-electron chi connectivity index (χ3n) is 5.53. The molecule has 1 saturated heterocycles. The number of carbonyl (C=O) groups excluding carboxylic acids is 1. The minimum Gasteiger partial charge on any atom is -0.338 e. The van der Waals surface area contributed by atoms with Crippen LogP contribution in [-0.4, -0.2) is 66.6 Å². The van der Waals surface area contributed by atoms with E-state index in [1.807, 2.05) is 55.1 Å². The smallest absolute Gasteiger partial charge is 0.259 e. The van der Waals surface area contributed by atoms with Gasteiger partial charge in [0, 0.05) is 43.1 Å². The first-order valence-electron chi connectivity index (χ1n) is 10.3. The Labute approximate surface area is 179 Å². The van der Waals surface area contributed by atoms with Crippen molar-refractivity contribution in [2.24, 2.45) is 0 Å². The van der Waals surface area contributed by atoms with Crippen molar-refractivity contribution in [1.82, 2.24) is 34.5 Å². The van der Waals surface area contributed by atoms with E-state index in [9.17, 15) is 4.79 Å². The number of amides is 1. The molecular weight excluding hydrogens is 394 g/mol.